The van der Waals surface area contributed by atoms with Crippen molar-refractivity contribution < 1.29 is 0 Å². The van der Waals surface area contributed by atoms with Crippen LogP contribution in [0.3, 0.4) is 0 Å². The predicted molar refractivity (Wildman–Crippen MR) is 93.5 cm³/mol. The maximum atomic E-state index is 4.97. The molecule has 1 saturated carbocycles. The van der Waals surface area contributed by atoms with Crippen molar-refractivity contribution in [2.24, 2.45) is 0 Å². The van der Waals surface area contributed by atoms with Crippen molar-refractivity contribution in [3.63, 3.8) is 0 Å². The zero-order chi connectivity index (χ0) is 15.5. The molecule has 1 N–H and O–H groups in total. The molecule has 1 heterocycles. The molecule has 1 aliphatic rings. The number of hydrogen-bond acceptors (Lipinski definition) is 4. The maximum absolute atomic E-state index is 4.97. The molecule has 1 fully saturated rings. The van der Waals surface area contributed by atoms with Crippen LogP contribution >= 0.6 is 11.3 Å². The van der Waals surface area contributed by atoms with Gasteiger partial charge in [0, 0.05) is 36.0 Å². The van der Waals surface area contributed by atoms with Crippen LogP contribution in [0.1, 0.15) is 70.9 Å². The van der Waals surface area contributed by atoms with E-state index in [-0.39, 0.29) is 5.41 Å². The Hall–Kier alpha value is -0.610. The first-order chi connectivity index (χ1) is 9.95. The van der Waals surface area contributed by atoms with Crippen molar-refractivity contribution >= 4 is 16.5 Å². The quantitative estimate of drug-likeness (QED) is 0.848. The van der Waals surface area contributed by atoms with Crippen LogP contribution in [0, 0.1) is 0 Å². The van der Waals surface area contributed by atoms with Crippen LogP contribution in [-0.4, -0.2) is 24.1 Å². The van der Waals surface area contributed by atoms with Crippen molar-refractivity contribution in [2.45, 2.75) is 78.3 Å². The van der Waals surface area contributed by atoms with E-state index in [9.17, 15) is 0 Å². The summed E-state index contributed by atoms with van der Waals surface area (Å²) in [4.78, 5) is 8.76. The average molecular weight is 310 g/mol. The Morgan fingerprint density at radius 3 is 2.33 bits per heavy atom. The molecule has 0 aromatic carbocycles. The van der Waals surface area contributed by atoms with Crippen LogP contribution in [0.25, 0.3) is 0 Å². The van der Waals surface area contributed by atoms with Crippen molar-refractivity contribution in [1.82, 2.24) is 10.3 Å². The second-order valence-corrected chi connectivity index (χ2v) is 8.11. The van der Waals surface area contributed by atoms with Crippen molar-refractivity contribution in [2.75, 3.05) is 18.0 Å². The van der Waals surface area contributed by atoms with Crippen LogP contribution in [0.15, 0.2) is 0 Å². The fourth-order valence-corrected chi connectivity index (χ4v) is 4.39. The summed E-state index contributed by atoms with van der Waals surface area (Å²) in [5.74, 6) is 0. The summed E-state index contributed by atoms with van der Waals surface area (Å²) in [5.41, 5.74) is 1.40. The first kappa shape index (κ1) is 16.8. The van der Waals surface area contributed by atoms with Gasteiger partial charge >= 0.3 is 0 Å². The average Bonchev–Trinajstić information content (AvgIpc) is 3.06. The highest BCUT2D eigenvalue weighted by molar-refractivity contribution is 7.15. The minimum Gasteiger partial charge on any atom is -0.349 e. The van der Waals surface area contributed by atoms with E-state index in [0.29, 0.717) is 0 Å². The van der Waals surface area contributed by atoms with Crippen LogP contribution in [0.5, 0.6) is 0 Å². The number of rotatable bonds is 6. The molecule has 0 unspecified atom stereocenters. The first-order valence-corrected chi connectivity index (χ1v) is 9.25. The van der Waals surface area contributed by atoms with E-state index in [2.05, 4.69) is 44.8 Å². The lowest BCUT2D eigenvalue weighted by molar-refractivity contribution is 0.512. The van der Waals surface area contributed by atoms with Gasteiger partial charge in [-0.2, -0.15) is 0 Å². The van der Waals surface area contributed by atoms with Gasteiger partial charge in [-0.25, -0.2) is 4.98 Å². The summed E-state index contributed by atoms with van der Waals surface area (Å²) in [6.07, 6.45) is 5.45. The highest BCUT2D eigenvalue weighted by Crippen LogP contribution is 2.34. The topological polar surface area (TPSA) is 28.2 Å². The van der Waals surface area contributed by atoms with Gasteiger partial charge in [0.2, 0.25) is 0 Å². The molecule has 21 heavy (non-hydrogen) atoms. The SMILES string of the molecule is CCN(CC)c1nc(C(C)(C)C)c(CNC2CCCC2)s1. The summed E-state index contributed by atoms with van der Waals surface area (Å²) in [5, 5.41) is 4.94. The summed E-state index contributed by atoms with van der Waals surface area (Å²) in [6, 6.07) is 0.719. The van der Waals surface area contributed by atoms with Crippen molar-refractivity contribution in [3.05, 3.63) is 10.6 Å². The summed E-state index contributed by atoms with van der Waals surface area (Å²) in [7, 11) is 0. The standard InChI is InChI=1S/C17H31N3S/c1-6-20(7-2)16-19-15(17(3,4)5)14(21-16)12-18-13-10-8-9-11-13/h13,18H,6-12H2,1-5H3. The Bertz CT molecular complexity index is 437. The Balaban J connectivity index is 2.16. The van der Waals surface area contributed by atoms with E-state index in [1.165, 1.54) is 41.4 Å². The fourth-order valence-electron chi connectivity index (χ4n) is 3.04. The third-order valence-electron chi connectivity index (χ3n) is 4.34. The molecular weight excluding hydrogens is 278 g/mol. The van der Waals surface area contributed by atoms with Crippen molar-refractivity contribution in [3.8, 4) is 0 Å². The second-order valence-electron chi connectivity index (χ2n) is 7.05. The van der Waals surface area contributed by atoms with E-state index in [4.69, 9.17) is 4.98 Å². The minimum atomic E-state index is 0.120. The molecule has 0 amide bonds. The molecule has 0 aliphatic heterocycles. The number of hydrogen-bond donors (Lipinski definition) is 1. The molecule has 120 valence electrons. The minimum absolute atomic E-state index is 0.120. The molecule has 0 atom stereocenters. The van der Waals surface area contributed by atoms with E-state index < -0.39 is 0 Å². The lowest BCUT2D eigenvalue weighted by Gasteiger charge is -2.19. The van der Waals surface area contributed by atoms with Crippen molar-refractivity contribution in [1.29, 1.82) is 0 Å². The summed E-state index contributed by atoms with van der Waals surface area (Å²) < 4.78 is 0. The highest BCUT2D eigenvalue weighted by atomic mass is 32.1. The molecule has 0 radical (unpaired) electrons. The van der Waals surface area contributed by atoms with Gasteiger partial charge < -0.3 is 10.2 Å². The lowest BCUT2D eigenvalue weighted by Crippen LogP contribution is -2.26. The molecule has 0 spiro atoms. The highest BCUT2D eigenvalue weighted by Gasteiger charge is 2.25. The molecule has 0 saturated heterocycles. The largest absolute Gasteiger partial charge is 0.349 e. The van der Waals surface area contributed by atoms with Crippen LogP contribution in [0.2, 0.25) is 0 Å². The Morgan fingerprint density at radius 2 is 1.81 bits per heavy atom. The van der Waals surface area contributed by atoms with E-state index in [1.807, 2.05) is 11.3 Å². The molecule has 1 aliphatic carbocycles. The molecule has 4 heteroatoms. The van der Waals surface area contributed by atoms with E-state index >= 15 is 0 Å². The third kappa shape index (κ3) is 4.19. The van der Waals surface area contributed by atoms with Gasteiger partial charge in [-0.1, -0.05) is 33.6 Å². The molecule has 1 aromatic rings. The second kappa shape index (κ2) is 7.10. The van der Waals surface area contributed by atoms with Gasteiger partial charge in [-0.3, -0.25) is 0 Å². The Morgan fingerprint density at radius 1 is 1.19 bits per heavy atom. The van der Waals surface area contributed by atoms with Gasteiger partial charge in [-0.15, -0.1) is 11.3 Å². The molecular formula is C17H31N3S. The molecule has 0 bridgehead atoms. The van der Waals surface area contributed by atoms with Gasteiger partial charge in [0.1, 0.15) is 0 Å². The predicted octanol–water partition coefficient (Wildman–Crippen LogP) is 4.32. The number of anilines is 1. The van der Waals surface area contributed by atoms with Gasteiger partial charge in [0.15, 0.2) is 5.13 Å². The molecule has 3 nitrogen and oxygen atoms in total. The van der Waals surface area contributed by atoms with E-state index in [1.54, 1.807) is 0 Å². The summed E-state index contributed by atoms with van der Waals surface area (Å²) in [6.45, 7) is 14.3. The van der Waals surface area contributed by atoms with Gasteiger partial charge in [-0.05, 0) is 26.7 Å². The Kier molecular flexibility index (Phi) is 5.67. The first-order valence-electron chi connectivity index (χ1n) is 8.44. The number of nitrogens with one attached hydrogen (secondary N) is 1. The van der Waals surface area contributed by atoms with Gasteiger partial charge in [0.25, 0.3) is 0 Å². The zero-order valence-corrected chi connectivity index (χ0v) is 15.1. The Labute approximate surface area is 134 Å². The zero-order valence-electron chi connectivity index (χ0n) is 14.3. The van der Waals surface area contributed by atoms with Crippen LogP contribution in [0.4, 0.5) is 5.13 Å². The third-order valence-corrected chi connectivity index (χ3v) is 5.45. The monoisotopic (exact) mass is 309 g/mol. The van der Waals surface area contributed by atoms with Crippen LogP contribution < -0.4 is 10.2 Å². The number of nitrogens with zero attached hydrogens (tertiary/aromatic N) is 2. The summed E-state index contributed by atoms with van der Waals surface area (Å²) >= 11 is 1.88. The molecule has 1 aromatic heterocycles. The normalized spacial score (nSPS) is 16.6. The molecule has 2 rings (SSSR count). The smallest absolute Gasteiger partial charge is 0.185 e. The maximum Gasteiger partial charge on any atom is 0.185 e. The number of aromatic nitrogens is 1. The number of thiazole rings is 1. The fraction of sp³-hybridized carbons (Fsp3) is 0.824. The lowest BCUT2D eigenvalue weighted by atomic mass is 9.91. The van der Waals surface area contributed by atoms with Gasteiger partial charge in [0.05, 0.1) is 5.69 Å². The van der Waals surface area contributed by atoms with Crippen LogP contribution in [-0.2, 0) is 12.0 Å². The van der Waals surface area contributed by atoms with E-state index in [0.717, 1.165) is 25.7 Å².